The van der Waals surface area contributed by atoms with Gasteiger partial charge >= 0.3 is 6.09 Å². The molecule has 3 N–H and O–H groups in total. The molecule has 1 unspecified atom stereocenters. The molecular formula is C36H43N7O5Si. The third kappa shape index (κ3) is 7.79. The molecule has 0 saturated heterocycles. The number of pyridine rings is 1. The van der Waals surface area contributed by atoms with E-state index in [-0.39, 0.29) is 23.6 Å². The smallest absolute Gasteiger partial charge is 0.411 e. The second-order valence-corrected chi connectivity index (χ2v) is 17.2. The van der Waals surface area contributed by atoms with E-state index in [1.165, 1.54) is 23.7 Å². The fraction of sp³-hybridized carbons (Fsp3) is 0.333. The van der Waals surface area contributed by atoms with Crippen molar-refractivity contribution in [2.24, 2.45) is 0 Å². The molecular weight excluding hydrogens is 639 g/mol. The topological polar surface area (TPSA) is 153 Å². The predicted molar refractivity (Wildman–Crippen MR) is 193 cm³/mol. The third-order valence-electron chi connectivity index (χ3n) is 8.48. The second kappa shape index (κ2) is 15.4. The number of aldehydes is 1. The van der Waals surface area contributed by atoms with Crippen LogP contribution in [0, 0.1) is 0 Å². The van der Waals surface area contributed by atoms with Crippen LogP contribution >= 0.6 is 0 Å². The number of fused-ring (bicyclic) bond motifs is 1. The maximum absolute atomic E-state index is 11.6. The molecule has 5 aromatic rings. The molecule has 13 heteroatoms. The van der Waals surface area contributed by atoms with Crippen molar-refractivity contribution in [2.45, 2.75) is 64.6 Å². The molecule has 1 amide bonds. The Balaban J connectivity index is 1.49. The molecule has 0 fully saturated rings. The number of ether oxygens (including phenoxy) is 1. The molecule has 0 saturated carbocycles. The van der Waals surface area contributed by atoms with Gasteiger partial charge < -0.3 is 19.6 Å². The van der Waals surface area contributed by atoms with Crippen molar-refractivity contribution >= 4 is 53.9 Å². The van der Waals surface area contributed by atoms with E-state index in [9.17, 15) is 14.7 Å². The van der Waals surface area contributed by atoms with E-state index in [1.54, 1.807) is 16.9 Å². The lowest BCUT2D eigenvalue weighted by molar-refractivity contribution is 0.112. The van der Waals surface area contributed by atoms with Crippen LogP contribution in [-0.4, -0.2) is 70.3 Å². The van der Waals surface area contributed by atoms with Crippen LogP contribution < -0.4 is 25.7 Å². The lowest BCUT2D eigenvalue weighted by Gasteiger charge is -2.43. The highest BCUT2D eigenvalue weighted by Crippen LogP contribution is 2.37. The van der Waals surface area contributed by atoms with Crippen LogP contribution in [0.2, 0.25) is 5.04 Å². The van der Waals surface area contributed by atoms with Crippen molar-refractivity contribution in [1.82, 2.24) is 24.7 Å². The van der Waals surface area contributed by atoms with Crippen molar-refractivity contribution in [3.8, 4) is 5.88 Å². The molecule has 0 aliphatic carbocycles. The van der Waals surface area contributed by atoms with Gasteiger partial charge in [0.15, 0.2) is 12.1 Å². The molecule has 5 rings (SSSR count). The summed E-state index contributed by atoms with van der Waals surface area (Å²) in [5, 5.41) is 22.1. The number of anilines is 2. The third-order valence-corrected chi connectivity index (χ3v) is 13.5. The number of aromatic nitrogens is 5. The fourth-order valence-corrected chi connectivity index (χ4v) is 10.9. The molecule has 256 valence electrons. The van der Waals surface area contributed by atoms with Crippen molar-refractivity contribution < 1.29 is 23.9 Å². The van der Waals surface area contributed by atoms with Gasteiger partial charge in [0.1, 0.15) is 11.0 Å². The maximum Gasteiger partial charge on any atom is 0.411 e. The quantitative estimate of drug-likeness (QED) is 0.0923. The number of carboxylic acid groups (broad SMARTS) is 1. The Kier molecular flexibility index (Phi) is 11.0. The van der Waals surface area contributed by atoms with Crippen LogP contribution in [0.5, 0.6) is 5.88 Å². The molecule has 0 radical (unpaired) electrons. The monoisotopic (exact) mass is 681 g/mol. The largest absolute Gasteiger partial charge is 0.481 e. The van der Waals surface area contributed by atoms with Crippen LogP contribution in [0.25, 0.3) is 11.0 Å². The van der Waals surface area contributed by atoms with E-state index in [4.69, 9.17) is 9.16 Å². The Morgan fingerprint density at radius 3 is 2.27 bits per heavy atom. The highest BCUT2D eigenvalue weighted by Gasteiger charge is 2.50. The Hall–Kier alpha value is -5.14. The summed E-state index contributed by atoms with van der Waals surface area (Å²) >= 11 is 0. The summed E-state index contributed by atoms with van der Waals surface area (Å²) in [5.74, 6) is 0.717. The highest BCUT2D eigenvalue weighted by molar-refractivity contribution is 6.99. The van der Waals surface area contributed by atoms with Gasteiger partial charge in [0.2, 0.25) is 11.8 Å². The molecule has 3 aromatic heterocycles. The number of nitrogens with zero attached hydrogens (tertiary/aromatic N) is 5. The number of carbonyl (C=O) groups is 2. The minimum Gasteiger partial charge on any atom is -0.481 e. The normalized spacial score (nSPS) is 12.4. The molecule has 1 atom stereocenters. The lowest BCUT2D eigenvalue weighted by Crippen LogP contribution is -2.66. The first kappa shape index (κ1) is 35.2. The Bertz CT molecular complexity index is 1840. The molecule has 0 spiro atoms. The summed E-state index contributed by atoms with van der Waals surface area (Å²) in [7, 11) is -1.23. The van der Waals surface area contributed by atoms with Gasteiger partial charge in [0.05, 0.1) is 19.9 Å². The van der Waals surface area contributed by atoms with Crippen LogP contribution in [0.1, 0.15) is 62.9 Å². The number of amides is 1. The minimum atomic E-state index is -2.75. The number of carbonyl (C=O) groups excluding carboxylic acids is 1. The Morgan fingerprint density at radius 2 is 1.69 bits per heavy atom. The van der Waals surface area contributed by atoms with Gasteiger partial charge in [-0.05, 0) is 34.3 Å². The van der Waals surface area contributed by atoms with Gasteiger partial charge in [-0.3, -0.25) is 14.8 Å². The van der Waals surface area contributed by atoms with Crippen LogP contribution in [0.3, 0.4) is 0 Å². The van der Waals surface area contributed by atoms with E-state index in [0.717, 1.165) is 19.1 Å². The van der Waals surface area contributed by atoms with Crippen molar-refractivity contribution in [2.75, 3.05) is 24.4 Å². The van der Waals surface area contributed by atoms with Crippen LogP contribution in [0.4, 0.5) is 16.6 Å². The first-order chi connectivity index (χ1) is 23.6. The average Bonchev–Trinajstić information content (AvgIpc) is 3.49. The van der Waals surface area contributed by atoms with Crippen molar-refractivity contribution in [1.29, 1.82) is 0 Å². The number of benzene rings is 2. The fourth-order valence-electron chi connectivity index (χ4n) is 6.36. The second-order valence-electron chi connectivity index (χ2n) is 12.8. The molecule has 49 heavy (non-hydrogen) atoms. The lowest BCUT2D eigenvalue weighted by atomic mass is 10.1. The maximum atomic E-state index is 11.6. The predicted octanol–water partition coefficient (Wildman–Crippen LogP) is 5.73. The number of rotatable bonds is 15. The number of nitrogens with one attached hydrogen (secondary N) is 2. The summed E-state index contributed by atoms with van der Waals surface area (Å²) in [6, 6.07) is 22.7. The summed E-state index contributed by atoms with van der Waals surface area (Å²) < 4.78 is 14.3. The first-order valence-electron chi connectivity index (χ1n) is 16.3. The SMILES string of the molecule is CCCC(CCO[Si](c1ccccc1)(c1ccccc1)C(C)(C)C)Nc1nc(NC(=O)O)nc2cnn(Cc3cc(C=O)cnc3OC)c12. The van der Waals surface area contributed by atoms with Gasteiger partial charge in [-0.1, -0.05) is 94.8 Å². The van der Waals surface area contributed by atoms with E-state index >= 15 is 0 Å². The molecule has 0 aliphatic heterocycles. The molecule has 12 nitrogen and oxygen atoms in total. The van der Waals surface area contributed by atoms with E-state index in [0.29, 0.717) is 46.9 Å². The first-order valence-corrected chi connectivity index (χ1v) is 18.2. The van der Waals surface area contributed by atoms with Crippen molar-refractivity contribution in [3.63, 3.8) is 0 Å². The zero-order chi connectivity index (χ0) is 35.0. The highest BCUT2D eigenvalue weighted by atomic mass is 28.4. The van der Waals surface area contributed by atoms with Gasteiger partial charge in [-0.15, -0.1) is 0 Å². The van der Waals surface area contributed by atoms with E-state index in [2.05, 4.69) is 107 Å². The molecule has 0 bridgehead atoms. The van der Waals surface area contributed by atoms with Gasteiger partial charge in [-0.25, -0.2) is 14.8 Å². The molecule has 2 aromatic carbocycles. The number of hydrogen-bond donors (Lipinski definition) is 3. The van der Waals surface area contributed by atoms with E-state index in [1.807, 2.05) is 12.1 Å². The number of hydrogen-bond acceptors (Lipinski definition) is 9. The summed E-state index contributed by atoms with van der Waals surface area (Å²) in [5.41, 5.74) is 2.06. The Morgan fingerprint density at radius 1 is 1.02 bits per heavy atom. The minimum absolute atomic E-state index is 0.0666. The van der Waals surface area contributed by atoms with Gasteiger partial charge in [0, 0.05) is 30.0 Å². The summed E-state index contributed by atoms with van der Waals surface area (Å²) in [6.07, 6.45) is 4.82. The average molecular weight is 682 g/mol. The van der Waals surface area contributed by atoms with Gasteiger partial charge in [-0.2, -0.15) is 10.1 Å². The molecule has 3 heterocycles. The van der Waals surface area contributed by atoms with E-state index < -0.39 is 14.4 Å². The summed E-state index contributed by atoms with van der Waals surface area (Å²) in [6.45, 7) is 9.58. The molecule has 0 aliphatic rings. The zero-order valence-corrected chi connectivity index (χ0v) is 29.5. The standard InChI is InChI=1S/C36H43N7O5Si/c1-6-13-27(18-19-48-49(36(2,3)4,28-14-9-7-10-15-28)29-16-11-8-12-17-29)39-32-31-30(40-34(41-32)42-35(45)46)22-38-43(31)23-26-20-25(24-44)21-37-33(26)47-5/h7-12,14-17,20-22,24,27H,6,13,18-19,23H2,1-5H3,(H,45,46)(H2,39,40,41,42). The van der Waals surface area contributed by atoms with Crippen molar-refractivity contribution in [3.05, 3.63) is 90.3 Å². The van der Waals surface area contributed by atoms with Crippen LogP contribution in [-0.2, 0) is 11.0 Å². The summed E-state index contributed by atoms with van der Waals surface area (Å²) in [4.78, 5) is 36.3. The van der Waals surface area contributed by atoms with Gasteiger partial charge in [0.25, 0.3) is 8.32 Å². The van der Waals surface area contributed by atoms with Crippen LogP contribution in [0.15, 0.2) is 79.1 Å². The number of methoxy groups -OCH3 is 1. The zero-order valence-electron chi connectivity index (χ0n) is 28.5. The Labute approximate surface area is 287 Å².